The highest BCUT2D eigenvalue weighted by Crippen LogP contribution is 2.41. The van der Waals surface area contributed by atoms with E-state index in [9.17, 15) is 5.11 Å². The number of nitrogens with zero attached hydrogens (tertiary/aromatic N) is 1. The van der Waals surface area contributed by atoms with Gasteiger partial charge in [-0.1, -0.05) is 110 Å². The minimum atomic E-state index is -1.05. The Morgan fingerprint density at radius 3 is 1.36 bits per heavy atom. The van der Waals surface area contributed by atoms with Crippen LogP contribution in [0.4, 0.5) is 0 Å². The predicted octanol–water partition coefficient (Wildman–Crippen LogP) is 7.42. The third kappa shape index (κ3) is 5.89. The van der Waals surface area contributed by atoms with Crippen LogP contribution in [0, 0.1) is 5.92 Å². The Bertz CT molecular complexity index is 817. The van der Waals surface area contributed by atoms with Crippen LogP contribution in [0.3, 0.4) is 0 Å². The fraction of sp³-hybridized carbons (Fsp3) is 0.613. The zero-order chi connectivity index (χ0) is 24.4. The lowest BCUT2D eigenvalue weighted by molar-refractivity contribution is -0.0365. The lowest BCUT2D eigenvalue weighted by atomic mass is 9.74. The summed E-state index contributed by atoms with van der Waals surface area (Å²) in [5, 5.41) is 12.8. The number of aliphatic hydroxyl groups is 1. The molecule has 182 valence electrons. The summed E-state index contributed by atoms with van der Waals surface area (Å²) in [5.74, 6) is 0.506. The summed E-state index contributed by atoms with van der Waals surface area (Å²) in [6.07, 6.45) is 4.70. The molecule has 1 N–H and O–H groups in total. The Labute approximate surface area is 203 Å². The molecule has 3 rings (SSSR count). The fourth-order valence-electron chi connectivity index (χ4n) is 5.26. The van der Waals surface area contributed by atoms with Crippen molar-refractivity contribution >= 4 is 0 Å². The first kappa shape index (κ1) is 26.0. The van der Waals surface area contributed by atoms with E-state index in [2.05, 4.69) is 109 Å². The van der Waals surface area contributed by atoms with Crippen molar-refractivity contribution < 1.29 is 5.11 Å². The predicted molar refractivity (Wildman–Crippen MR) is 142 cm³/mol. The monoisotopic (exact) mass is 449 g/mol. The van der Waals surface area contributed by atoms with Crippen LogP contribution in [0.1, 0.15) is 103 Å². The number of rotatable bonds is 6. The fourth-order valence-corrected chi connectivity index (χ4v) is 5.26. The van der Waals surface area contributed by atoms with Crippen LogP contribution < -0.4 is 0 Å². The molecule has 0 amide bonds. The molecule has 0 aromatic heterocycles. The first-order valence-corrected chi connectivity index (χ1v) is 13.0. The summed E-state index contributed by atoms with van der Waals surface area (Å²) in [5.41, 5.74) is 3.76. The lowest BCUT2D eigenvalue weighted by Crippen LogP contribution is -2.53. The van der Waals surface area contributed by atoms with E-state index in [1.165, 1.54) is 30.4 Å². The molecule has 1 heterocycles. The topological polar surface area (TPSA) is 23.5 Å². The number of piperidine rings is 1. The van der Waals surface area contributed by atoms with E-state index >= 15 is 0 Å². The highest BCUT2D eigenvalue weighted by molar-refractivity contribution is 5.42. The van der Waals surface area contributed by atoms with Gasteiger partial charge in [-0.2, -0.15) is 0 Å². The summed E-state index contributed by atoms with van der Waals surface area (Å²) in [6.45, 7) is 20.2. The molecule has 0 bridgehead atoms. The van der Waals surface area contributed by atoms with Gasteiger partial charge in [-0.25, -0.2) is 0 Å². The van der Waals surface area contributed by atoms with Crippen LogP contribution in [-0.2, 0) is 16.4 Å². The molecule has 2 aromatic rings. The van der Waals surface area contributed by atoms with Gasteiger partial charge in [0.05, 0.1) is 0 Å². The maximum atomic E-state index is 12.8. The van der Waals surface area contributed by atoms with Crippen molar-refractivity contribution in [3.63, 3.8) is 0 Å². The van der Waals surface area contributed by atoms with Crippen LogP contribution >= 0.6 is 0 Å². The van der Waals surface area contributed by atoms with Gasteiger partial charge in [0, 0.05) is 6.04 Å². The van der Waals surface area contributed by atoms with E-state index in [4.69, 9.17) is 0 Å². The number of hydrogen-bond acceptors (Lipinski definition) is 2. The average molecular weight is 450 g/mol. The number of likely N-dealkylation sites (tertiary alicyclic amines) is 1. The highest BCUT2D eigenvalue weighted by atomic mass is 16.3. The zero-order valence-electron chi connectivity index (χ0n) is 22.4. The second-order valence-corrected chi connectivity index (χ2v) is 12.7. The molecular formula is C31H47NO. The summed E-state index contributed by atoms with van der Waals surface area (Å²) in [4.78, 5) is 2.57. The maximum absolute atomic E-state index is 12.8. The summed E-state index contributed by atoms with van der Waals surface area (Å²) in [7, 11) is 0. The quantitative estimate of drug-likeness (QED) is 0.496. The maximum Gasteiger partial charge on any atom is 0.130 e. The van der Waals surface area contributed by atoms with Crippen molar-refractivity contribution in [2.24, 2.45) is 5.92 Å². The second-order valence-electron chi connectivity index (χ2n) is 12.7. The smallest absolute Gasteiger partial charge is 0.130 e. The van der Waals surface area contributed by atoms with Gasteiger partial charge >= 0.3 is 0 Å². The Balaban J connectivity index is 2.15. The molecule has 1 saturated heterocycles. The molecule has 33 heavy (non-hydrogen) atoms. The summed E-state index contributed by atoms with van der Waals surface area (Å²) < 4.78 is 0. The molecule has 2 aromatic carbocycles. The Hall–Kier alpha value is -1.64. The third-order valence-electron chi connectivity index (χ3n) is 7.39. The molecule has 1 aliphatic heterocycles. The van der Waals surface area contributed by atoms with Crippen LogP contribution in [-0.4, -0.2) is 29.1 Å². The standard InChI is InChI=1S/C31H47NO/c1-23(2)22-28(32-20-10-9-11-21-32)31(33,26-16-12-24(13-17-26)29(3,4)5)27-18-14-25(15-19-27)30(6,7)8/h12-19,23,28,33H,9-11,20-22H2,1-8H3/t28-/m0/s1. The van der Waals surface area contributed by atoms with E-state index in [1.54, 1.807) is 0 Å². The van der Waals surface area contributed by atoms with E-state index in [0.717, 1.165) is 30.6 Å². The number of hydrogen-bond donors (Lipinski definition) is 1. The first-order chi connectivity index (χ1) is 15.3. The van der Waals surface area contributed by atoms with Crippen LogP contribution in [0.25, 0.3) is 0 Å². The summed E-state index contributed by atoms with van der Waals surface area (Å²) >= 11 is 0. The van der Waals surface area contributed by atoms with Gasteiger partial charge in [-0.15, -0.1) is 0 Å². The molecule has 0 aliphatic carbocycles. The molecule has 0 saturated carbocycles. The van der Waals surface area contributed by atoms with Crippen LogP contribution in [0.5, 0.6) is 0 Å². The minimum Gasteiger partial charge on any atom is -0.379 e. The van der Waals surface area contributed by atoms with E-state index in [-0.39, 0.29) is 16.9 Å². The Morgan fingerprint density at radius 2 is 1.03 bits per heavy atom. The molecular weight excluding hydrogens is 402 g/mol. The van der Waals surface area contributed by atoms with Gasteiger partial charge in [0.25, 0.3) is 0 Å². The normalized spacial score (nSPS) is 17.4. The molecule has 2 nitrogen and oxygen atoms in total. The van der Waals surface area contributed by atoms with Gasteiger partial charge in [0.1, 0.15) is 5.60 Å². The van der Waals surface area contributed by atoms with Crippen LogP contribution in [0.15, 0.2) is 48.5 Å². The van der Waals surface area contributed by atoms with Crippen molar-refractivity contribution in [1.29, 1.82) is 0 Å². The van der Waals surface area contributed by atoms with Crippen molar-refractivity contribution in [1.82, 2.24) is 4.90 Å². The van der Waals surface area contributed by atoms with Gasteiger partial charge in [-0.05, 0) is 71.4 Å². The van der Waals surface area contributed by atoms with Crippen LogP contribution in [0.2, 0.25) is 0 Å². The minimum absolute atomic E-state index is 0.0544. The average Bonchev–Trinajstić information content (AvgIpc) is 2.76. The van der Waals surface area contributed by atoms with Crippen molar-refractivity contribution in [2.75, 3.05) is 13.1 Å². The largest absolute Gasteiger partial charge is 0.379 e. The van der Waals surface area contributed by atoms with E-state index < -0.39 is 5.60 Å². The molecule has 0 spiro atoms. The SMILES string of the molecule is CC(C)C[C@H](N1CCCCC1)C(O)(c1ccc(C(C)(C)C)cc1)c1ccc(C(C)(C)C)cc1. The second kappa shape index (κ2) is 9.92. The zero-order valence-corrected chi connectivity index (χ0v) is 22.4. The van der Waals surface area contributed by atoms with Gasteiger partial charge in [-0.3, -0.25) is 4.90 Å². The van der Waals surface area contributed by atoms with Gasteiger partial charge in [0.15, 0.2) is 0 Å². The summed E-state index contributed by atoms with van der Waals surface area (Å²) in [6, 6.07) is 17.6. The van der Waals surface area contributed by atoms with Crippen molar-refractivity contribution in [3.05, 3.63) is 70.8 Å². The van der Waals surface area contributed by atoms with Crippen molar-refractivity contribution in [2.45, 2.75) is 104 Å². The Kier molecular flexibility index (Phi) is 7.81. The molecule has 1 fully saturated rings. The van der Waals surface area contributed by atoms with E-state index in [0.29, 0.717) is 5.92 Å². The molecule has 0 unspecified atom stereocenters. The van der Waals surface area contributed by atoms with Gasteiger partial charge < -0.3 is 5.11 Å². The number of benzene rings is 2. The first-order valence-electron chi connectivity index (χ1n) is 13.0. The third-order valence-corrected chi connectivity index (χ3v) is 7.39. The van der Waals surface area contributed by atoms with Crippen molar-refractivity contribution in [3.8, 4) is 0 Å². The molecule has 0 radical (unpaired) electrons. The molecule has 2 heteroatoms. The highest BCUT2D eigenvalue weighted by Gasteiger charge is 2.44. The molecule has 1 atom stereocenters. The van der Waals surface area contributed by atoms with E-state index in [1.807, 2.05) is 0 Å². The van der Waals surface area contributed by atoms with Gasteiger partial charge in [0.2, 0.25) is 0 Å². The lowest BCUT2D eigenvalue weighted by Gasteiger charge is -2.46. The Morgan fingerprint density at radius 1 is 0.667 bits per heavy atom. The molecule has 1 aliphatic rings.